The van der Waals surface area contributed by atoms with Crippen LogP contribution >= 0.6 is 22.7 Å². The number of nitrogens with zero attached hydrogens (tertiary/aromatic N) is 3. The number of aliphatic hydroxyl groups is 1. The first-order valence-corrected chi connectivity index (χ1v) is 18.7. The van der Waals surface area contributed by atoms with E-state index >= 15 is 0 Å². The molecule has 11 nitrogen and oxygen atoms in total. The maximum absolute atomic E-state index is 13.9. The van der Waals surface area contributed by atoms with Crippen LogP contribution in [0.1, 0.15) is 60.8 Å². The number of benzene rings is 2. The standard InChI is InChI=1S/C38H48N6O5S2/c1-25(2)16-34-40-30(23-50-34)21-44(5)37(47)43-35(26(3)4)36(46)41-29(17-27-12-8-6-9-13-27)19-33(45)32(18-28-14-10-7-11-15-28)42-38(48)49-22-31-20-39-24-51-31/h6-16,20,23-24,26,29,32-33,35,45H,17-19,21-22H2,1-5H3,(H,41,46)(H,42,48)(H,43,47)/t29-,32-,33-,35-/m0/s1. The molecule has 4 rings (SSSR count). The third-order valence-electron chi connectivity index (χ3n) is 8.05. The lowest BCUT2D eigenvalue weighted by Crippen LogP contribution is -2.55. The van der Waals surface area contributed by atoms with Crippen LogP contribution in [-0.2, 0) is 35.5 Å². The van der Waals surface area contributed by atoms with Crippen LogP contribution in [0.15, 0.2) is 83.3 Å². The number of rotatable bonds is 17. The van der Waals surface area contributed by atoms with E-state index in [4.69, 9.17) is 4.74 Å². The van der Waals surface area contributed by atoms with Crippen LogP contribution in [0.3, 0.4) is 0 Å². The Balaban J connectivity index is 1.46. The molecule has 0 unspecified atom stereocenters. The third-order valence-corrected chi connectivity index (χ3v) is 9.64. The van der Waals surface area contributed by atoms with Gasteiger partial charge in [0, 0.05) is 24.7 Å². The molecule has 4 amide bonds. The number of hydrogen-bond donors (Lipinski definition) is 4. The molecule has 51 heavy (non-hydrogen) atoms. The normalized spacial score (nSPS) is 13.4. The molecule has 4 atom stereocenters. The second-order valence-corrected chi connectivity index (χ2v) is 15.0. The van der Waals surface area contributed by atoms with Crippen molar-refractivity contribution >= 4 is 46.8 Å². The lowest BCUT2D eigenvalue weighted by Gasteiger charge is -2.30. The summed E-state index contributed by atoms with van der Waals surface area (Å²) < 4.78 is 5.43. The van der Waals surface area contributed by atoms with Gasteiger partial charge in [0.05, 0.1) is 34.8 Å². The number of carbonyl (C=O) groups excluding carboxylic acids is 3. The highest BCUT2D eigenvalue weighted by Crippen LogP contribution is 2.17. The zero-order chi connectivity index (χ0) is 36.8. The van der Waals surface area contributed by atoms with Crippen LogP contribution < -0.4 is 16.0 Å². The van der Waals surface area contributed by atoms with Gasteiger partial charge in [-0.05, 0) is 56.2 Å². The molecule has 0 spiro atoms. The van der Waals surface area contributed by atoms with Crippen molar-refractivity contribution < 1.29 is 24.2 Å². The lowest BCUT2D eigenvalue weighted by atomic mass is 9.93. The van der Waals surface area contributed by atoms with E-state index in [9.17, 15) is 19.5 Å². The summed E-state index contributed by atoms with van der Waals surface area (Å²) in [6.45, 7) is 8.11. The summed E-state index contributed by atoms with van der Waals surface area (Å²) in [4.78, 5) is 51.0. The molecule has 4 aromatic rings. The number of nitrogens with one attached hydrogen (secondary N) is 3. The molecule has 2 aromatic carbocycles. The van der Waals surface area contributed by atoms with Crippen molar-refractivity contribution in [2.75, 3.05) is 7.05 Å². The second kappa shape index (κ2) is 19.7. The summed E-state index contributed by atoms with van der Waals surface area (Å²) in [7, 11) is 1.67. The molecule has 0 saturated carbocycles. The van der Waals surface area contributed by atoms with E-state index < -0.39 is 36.4 Å². The second-order valence-electron chi connectivity index (χ2n) is 13.1. The Kier molecular flexibility index (Phi) is 15.1. The number of allylic oxidation sites excluding steroid dienone is 1. The predicted octanol–water partition coefficient (Wildman–Crippen LogP) is 6.21. The molecule has 272 valence electrons. The fraction of sp³-hybridized carbons (Fsp3) is 0.395. The maximum Gasteiger partial charge on any atom is 0.407 e. The minimum atomic E-state index is -1.05. The summed E-state index contributed by atoms with van der Waals surface area (Å²) in [5, 5.41) is 23.3. The van der Waals surface area contributed by atoms with Gasteiger partial charge in [-0.3, -0.25) is 9.78 Å². The van der Waals surface area contributed by atoms with Crippen molar-refractivity contribution in [1.29, 1.82) is 0 Å². The Bertz CT molecular complexity index is 1690. The molecule has 0 saturated heterocycles. The Morgan fingerprint density at radius 1 is 0.941 bits per heavy atom. The molecule has 0 aliphatic rings. The summed E-state index contributed by atoms with van der Waals surface area (Å²) in [5.74, 6) is -0.593. The largest absolute Gasteiger partial charge is 0.444 e. The van der Waals surface area contributed by atoms with E-state index in [2.05, 4.69) is 25.9 Å². The quantitative estimate of drug-likeness (QED) is 0.101. The lowest BCUT2D eigenvalue weighted by molar-refractivity contribution is -0.124. The van der Waals surface area contributed by atoms with Gasteiger partial charge in [-0.2, -0.15) is 0 Å². The van der Waals surface area contributed by atoms with Crippen LogP contribution in [-0.4, -0.2) is 69.3 Å². The Morgan fingerprint density at radius 2 is 1.61 bits per heavy atom. The van der Waals surface area contributed by atoms with Crippen LogP contribution in [0.5, 0.6) is 0 Å². The topological polar surface area (TPSA) is 146 Å². The van der Waals surface area contributed by atoms with Crippen molar-refractivity contribution in [2.45, 2.75) is 84.3 Å². The minimum absolute atomic E-state index is 0.0650. The number of aromatic nitrogens is 2. The van der Waals surface area contributed by atoms with Gasteiger partial charge in [0.1, 0.15) is 17.7 Å². The number of amides is 4. The average molecular weight is 733 g/mol. The van der Waals surface area contributed by atoms with Crippen molar-refractivity contribution in [3.05, 3.63) is 110 Å². The molecule has 0 bridgehead atoms. The van der Waals surface area contributed by atoms with Crippen LogP contribution in [0.25, 0.3) is 6.08 Å². The van der Waals surface area contributed by atoms with Crippen LogP contribution in [0, 0.1) is 5.92 Å². The third kappa shape index (κ3) is 13.2. The number of alkyl carbamates (subject to hydrolysis) is 1. The molecule has 2 heterocycles. The molecule has 0 fully saturated rings. The van der Waals surface area contributed by atoms with Gasteiger partial charge in [0.25, 0.3) is 0 Å². The highest BCUT2D eigenvalue weighted by Gasteiger charge is 2.31. The highest BCUT2D eigenvalue weighted by atomic mass is 32.1. The van der Waals surface area contributed by atoms with Crippen LogP contribution in [0.2, 0.25) is 0 Å². The molecule has 13 heteroatoms. The van der Waals surface area contributed by atoms with E-state index in [0.29, 0.717) is 12.8 Å². The fourth-order valence-corrected chi connectivity index (χ4v) is 6.80. The SMILES string of the molecule is CC(C)=Cc1nc(CN(C)C(=O)N[C@H](C(=O)N[C@@H](Cc2ccccc2)C[C@H](O)[C@H](Cc2ccccc2)NC(=O)OCc2cncs2)C(C)C)cs1. The van der Waals surface area contributed by atoms with Gasteiger partial charge in [0.15, 0.2) is 0 Å². The zero-order valence-corrected chi connectivity index (χ0v) is 31.4. The summed E-state index contributed by atoms with van der Waals surface area (Å²) in [6, 6.07) is 16.7. The van der Waals surface area contributed by atoms with E-state index in [1.165, 1.54) is 27.6 Å². The van der Waals surface area contributed by atoms with Gasteiger partial charge in [-0.15, -0.1) is 22.7 Å². The summed E-state index contributed by atoms with van der Waals surface area (Å²) in [6.07, 6.45) is 2.81. The Labute approximate surface area is 308 Å². The molecule has 0 aliphatic carbocycles. The average Bonchev–Trinajstić information content (AvgIpc) is 3.78. The molecular weight excluding hydrogens is 685 g/mol. The number of urea groups is 1. The number of carbonyl (C=O) groups is 3. The Hall–Kier alpha value is -4.59. The molecular formula is C38H48N6O5S2. The highest BCUT2D eigenvalue weighted by molar-refractivity contribution is 7.10. The van der Waals surface area contributed by atoms with Crippen molar-refractivity contribution in [3.63, 3.8) is 0 Å². The van der Waals surface area contributed by atoms with Gasteiger partial charge >= 0.3 is 12.1 Å². The van der Waals surface area contributed by atoms with Gasteiger partial charge < -0.3 is 30.7 Å². The van der Waals surface area contributed by atoms with Crippen molar-refractivity contribution in [1.82, 2.24) is 30.8 Å². The van der Waals surface area contributed by atoms with Crippen LogP contribution in [0.4, 0.5) is 9.59 Å². The van der Waals surface area contributed by atoms with E-state index in [0.717, 1.165) is 32.3 Å². The van der Waals surface area contributed by atoms with E-state index in [1.807, 2.05) is 99.8 Å². The smallest absolute Gasteiger partial charge is 0.407 e. The molecule has 4 N–H and O–H groups in total. The number of thiazole rings is 2. The first-order chi connectivity index (χ1) is 24.5. The number of aliphatic hydroxyl groups excluding tert-OH is 1. The monoisotopic (exact) mass is 732 g/mol. The number of ether oxygens (including phenoxy) is 1. The summed E-state index contributed by atoms with van der Waals surface area (Å²) >= 11 is 2.89. The van der Waals surface area contributed by atoms with E-state index in [-0.39, 0.29) is 31.4 Å². The first-order valence-electron chi connectivity index (χ1n) is 16.9. The summed E-state index contributed by atoms with van der Waals surface area (Å²) in [5.41, 5.74) is 5.45. The fourth-order valence-electron chi connectivity index (χ4n) is 5.43. The molecule has 0 aliphatic heterocycles. The Morgan fingerprint density at radius 3 is 2.22 bits per heavy atom. The minimum Gasteiger partial charge on any atom is -0.444 e. The molecule has 0 radical (unpaired) electrons. The maximum atomic E-state index is 13.9. The van der Waals surface area contributed by atoms with Crippen molar-refractivity contribution in [2.24, 2.45) is 5.92 Å². The van der Waals surface area contributed by atoms with Gasteiger partial charge in [0.2, 0.25) is 5.91 Å². The van der Waals surface area contributed by atoms with E-state index in [1.54, 1.807) is 18.8 Å². The number of hydrogen-bond acceptors (Lipinski definition) is 9. The molecule has 2 aromatic heterocycles. The van der Waals surface area contributed by atoms with Gasteiger partial charge in [-0.1, -0.05) is 80.1 Å². The van der Waals surface area contributed by atoms with Crippen molar-refractivity contribution in [3.8, 4) is 0 Å². The zero-order valence-electron chi connectivity index (χ0n) is 29.7. The first kappa shape index (κ1) is 39.2. The predicted molar refractivity (Wildman–Crippen MR) is 202 cm³/mol. The van der Waals surface area contributed by atoms with Gasteiger partial charge in [-0.25, -0.2) is 14.6 Å².